The Morgan fingerprint density at radius 1 is 1.24 bits per heavy atom. The highest BCUT2D eigenvalue weighted by atomic mass is 35.5. The van der Waals surface area contributed by atoms with Gasteiger partial charge in [-0.1, -0.05) is 17.7 Å². The first-order valence-electron chi connectivity index (χ1n) is 4.98. The molecule has 2 aromatic rings. The van der Waals surface area contributed by atoms with Gasteiger partial charge in [-0.2, -0.15) is 0 Å². The second-order valence-electron chi connectivity index (χ2n) is 3.57. The van der Waals surface area contributed by atoms with E-state index in [2.05, 4.69) is 4.98 Å². The molecule has 0 saturated carbocycles. The van der Waals surface area contributed by atoms with Gasteiger partial charge in [-0.3, -0.25) is 15.1 Å². The monoisotopic (exact) mass is 248 g/mol. The quantitative estimate of drug-likeness (QED) is 0.619. The molecule has 0 spiro atoms. The van der Waals surface area contributed by atoms with E-state index in [4.69, 9.17) is 11.6 Å². The number of hydrogen-bond acceptors (Lipinski definition) is 3. The van der Waals surface area contributed by atoms with E-state index in [0.717, 1.165) is 11.1 Å². The van der Waals surface area contributed by atoms with Crippen molar-refractivity contribution >= 4 is 17.3 Å². The molecule has 0 amide bonds. The minimum atomic E-state index is -0.456. The first kappa shape index (κ1) is 11.5. The maximum atomic E-state index is 10.6. The molecule has 5 heteroatoms. The van der Waals surface area contributed by atoms with Crippen molar-refractivity contribution in [2.24, 2.45) is 0 Å². The fourth-order valence-electron chi connectivity index (χ4n) is 1.51. The lowest BCUT2D eigenvalue weighted by molar-refractivity contribution is -0.384. The van der Waals surface area contributed by atoms with E-state index in [9.17, 15) is 10.1 Å². The fourth-order valence-corrected chi connectivity index (χ4v) is 1.76. The van der Waals surface area contributed by atoms with Gasteiger partial charge >= 0.3 is 0 Å². The van der Waals surface area contributed by atoms with Crippen molar-refractivity contribution < 1.29 is 4.92 Å². The summed E-state index contributed by atoms with van der Waals surface area (Å²) in [6, 6.07) is 8.29. The van der Waals surface area contributed by atoms with Gasteiger partial charge in [0.25, 0.3) is 5.69 Å². The number of hydrogen-bond donors (Lipinski definition) is 0. The maximum Gasteiger partial charge on any atom is 0.270 e. The van der Waals surface area contributed by atoms with Crippen LogP contribution in [-0.2, 0) is 6.42 Å². The zero-order chi connectivity index (χ0) is 12.3. The number of rotatable bonds is 3. The van der Waals surface area contributed by atoms with Crippen LogP contribution in [0.15, 0.2) is 42.7 Å². The third kappa shape index (κ3) is 2.79. The van der Waals surface area contributed by atoms with E-state index in [1.54, 1.807) is 18.5 Å². The van der Waals surface area contributed by atoms with Crippen molar-refractivity contribution in [1.82, 2.24) is 4.98 Å². The average Bonchev–Trinajstić information content (AvgIpc) is 2.33. The molecular formula is C12H9ClN2O2. The lowest BCUT2D eigenvalue weighted by Crippen LogP contribution is -1.92. The highest BCUT2D eigenvalue weighted by molar-refractivity contribution is 6.31. The molecule has 1 heterocycles. The molecule has 0 radical (unpaired) electrons. The lowest BCUT2D eigenvalue weighted by atomic mass is 10.1. The summed E-state index contributed by atoms with van der Waals surface area (Å²) in [7, 11) is 0. The number of pyridine rings is 1. The Morgan fingerprint density at radius 3 is 2.53 bits per heavy atom. The Kier molecular flexibility index (Phi) is 3.35. The molecule has 1 aromatic carbocycles. The van der Waals surface area contributed by atoms with Crippen LogP contribution in [0.5, 0.6) is 0 Å². The van der Waals surface area contributed by atoms with Gasteiger partial charge in [0.1, 0.15) is 0 Å². The van der Waals surface area contributed by atoms with Crippen LogP contribution in [0, 0.1) is 10.1 Å². The zero-order valence-electron chi connectivity index (χ0n) is 8.84. The van der Waals surface area contributed by atoms with E-state index in [1.807, 2.05) is 12.1 Å². The van der Waals surface area contributed by atoms with E-state index in [1.165, 1.54) is 12.1 Å². The summed E-state index contributed by atoms with van der Waals surface area (Å²) < 4.78 is 0. The van der Waals surface area contributed by atoms with Gasteiger partial charge in [0, 0.05) is 24.5 Å². The first-order chi connectivity index (χ1) is 8.16. The van der Waals surface area contributed by atoms with E-state index in [-0.39, 0.29) is 5.69 Å². The Morgan fingerprint density at radius 2 is 1.94 bits per heavy atom. The molecule has 0 saturated heterocycles. The number of benzene rings is 1. The first-order valence-corrected chi connectivity index (χ1v) is 5.36. The minimum Gasteiger partial charge on any atom is -0.265 e. The second-order valence-corrected chi connectivity index (χ2v) is 3.97. The Hall–Kier alpha value is -1.94. The molecule has 2 rings (SSSR count). The number of halogens is 1. The van der Waals surface area contributed by atoms with Crippen molar-refractivity contribution in [1.29, 1.82) is 0 Å². The molecule has 0 aliphatic carbocycles. The molecule has 4 nitrogen and oxygen atoms in total. The van der Waals surface area contributed by atoms with Crippen LogP contribution < -0.4 is 0 Å². The van der Waals surface area contributed by atoms with Gasteiger partial charge in [-0.25, -0.2) is 0 Å². The molecule has 86 valence electrons. The van der Waals surface area contributed by atoms with Crippen LogP contribution >= 0.6 is 11.6 Å². The van der Waals surface area contributed by atoms with Crippen LogP contribution in [0.2, 0.25) is 5.02 Å². The number of nitro benzene ring substituents is 1. The molecule has 0 bridgehead atoms. The molecule has 0 aliphatic rings. The summed E-state index contributed by atoms with van der Waals surface area (Å²) in [5.74, 6) is 0. The smallest absolute Gasteiger partial charge is 0.265 e. The maximum absolute atomic E-state index is 10.6. The summed E-state index contributed by atoms with van der Waals surface area (Å²) >= 11 is 6.00. The standard InChI is InChI=1S/C12H9ClN2O2/c13-12-8-11(15(16)17)2-1-10(12)7-9-3-5-14-6-4-9/h1-6,8H,7H2. The third-order valence-corrected chi connectivity index (χ3v) is 2.74. The highest BCUT2D eigenvalue weighted by Gasteiger charge is 2.09. The number of nitrogens with zero attached hydrogens (tertiary/aromatic N) is 2. The summed E-state index contributed by atoms with van der Waals surface area (Å²) in [5.41, 5.74) is 1.94. The van der Waals surface area contributed by atoms with E-state index < -0.39 is 4.92 Å². The van der Waals surface area contributed by atoms with E-state index in [0.29, 0.717) is 11.4 Å². The van der Waals surface area contributed by atoms with Gasteiger partial charge in [0.15, 0.2) is 0 Å². The molecular weight excluding hydrogens is 240 g/mol. The molecule has 0 atom stereocenters. The predicted octanol–water partition coefficient (Wildman–Crippen LogP) is 3.23. The molecule has 0 fully saturated rings. The summed E-state index contributed by atoms with van der Waals surface area (Å²) in [6.45, 7) is 0. The Balaban J connectivity index is 2.26. The van der Waals surface area contributed by atoms with Crippen LogP contribution in [0.4, 0.5) is 5.69 Å². The van der Waals surface area contributed by atoms with Crippen LogP contribution in [0.25, 0.3) is 0 Å². The van der Waals surface area contributed by atoms with Crippen molar-refractivity contribution in [2.45, 2.75) is 6.42 Å². The Labute approximate surface area is 103 Å². The van der Waals surface area contributed by atoms with Gasteiger partial charge in [-0.15, -0.1) is 0 Å². The Bertz CT molecular complexity index is 543. The summed E-state index contributed by atoms with van der Waals surface area (Å²) in [4.78, 5) is 14.0. The van der Waals surface area contributed by atoms with Crippen molar-refractivity contribution in [3.8, 4) is 0 Å². The molecule has 0 N–H and O–H groups in total. The molecule has 1 aromatic heterocycles. The van der Waals surface area contributed by atoms with Crippen LogP contribution in [0.3, 0.4) is 0 Å². The summed E-state index contributed by atoms with van der Waals surface area (Å²) in [5, 5.41) is 11.0. The molecule has 0 unspecified atom stereocenters. The molecule has 17 heavy (non-hydrogen) atoms. The predicted molar refractivity (Wildman–Crippen MR) is 65.1 cm³/mol. The highest BCUT2D eigenvalue weighted by Crippen LogP contribution is 2.24. The van der Waals surface area contributed by atoms with Crippen molar-refractivity contribution in [3.63, 3.8) is 0 Å². The number of non-ortho nitro benzene ring substituents is 1. The van der Waals surface area contributed by atoms with Gasteiger partial charge in [-0.05, 0) is 29.7 Å². The second kappa shape index (κ2) is 4.93. The van der Waals surface area contributed by atoms with Crippen molar-refractivity contribution in [2.75, 3.05) is 0 Å². The SMILES string of the molecule is O=[N+]([O-])c1ccc(Cc2ccncc2)c(Cl)c1. The topological polar surface area (TPSA) is 56.0 Å². The fraction of sp³-hybridized carbons (Fsp3) is 0.0833. The van der Waals surface area contributed by atoms with Gasteiger partial charge in [0.2, 0.25) is 0 Å². The number of aromatic nitrogens is 1. The number of nitro groups is 1. The van der Waals surface area contributed by atoms with Crippen molar-refractivity contribution in [3.05, 3.63) is 69.0 Å². The van der Waals surface area contributed by atoms with Gasteiger partial charge < -0.3 is 0 Å². The normalized spacial score (nSPS) is 10.2. The lowest BCUT2D eigenvalue weighted by Gasteiger charge is -2.04. The van der Waals surface area contributed by atoms with E-state index >= 15 is 0 Å². The third-order valence-electron chi connectivity index (χ3n) is 2.39. The van der Waals surface area contributed by atoms with Crippen LogP contribution in [0.1, 0.15) is 11.1 Å². The van der Waals surface area contributed by atoms with Gasteiger partial charge in [0.05, 0.1) is 9.95 Å². The summed E-state index contributed by atoms with van der Waals surface area (Å²) in [6.07, 6.45) is 4.04. The van der Waals surface area contributed by atoms with Crippen LogP contribution in [-0.4, -0.2) is 9.91 Å². The molecule has 0 aliphatic heterocycles. The minimum absolute atomic E-state index is 0.00785. The average molecular weight is 249 g/mol. The zero-order valence-corrected chi connectivity index (χ0v) is 9.59. The largest absolute Gasteiger partial charge is 0.270 e.